The number of halogens is 1. The van der Waals surface area contributed by atoms with E-state index in [0.29, 0.717) is 0 Å². The quantitative estimate of drug-likeness (QED) is 0.246. The number of nitrogens with one attached hydrogen (secondary N) is 2. The molecule has 2 aliphatic rings. The average molecular weight is 499 g/mol. The van der Waals surface area contributed by atoms with E-state index < -0.39 is 0 Å². The summed E-state index contributed by atoms with van der Waals surface area (Å²) in [5.74, 6) is 0.929. The second kappa shape index (κ2) is 12.5. The second-order valence-electron chi connectivity index (χ2n) is 7.82. The molecule has 1 aromatic carbocycles. The molecule has 1 unspecified atom stereocenters. The monoisotopic (exact) mass is 499 g/mol. The molecule has 158 valence electrons. The van der Waals surface area contributed by atoms with Gasteiger partial charge in [-0.3, -0.25) is 4.99 Å². The zero-order chi connectivity index (χ0) is 18.9. The highest BCUT2D eigenvalue weighted by Crippen LogP contribution is 2.23. The molecule has 28 heavy (non-hydrogen) atoms. The molecule has 5 nitrogen and oxygen atoms in total. The molecular weight excluding hydrogens is 461 g/mol. The Bertz CT molecular complexity index is 594. The predicted molar refractivity (Wildman–Crippen MR) is 131 cm³/mol. The summed E-state index contributed by atoms with van der Waals surface area (Å²) < 4.78 is 0. The summed E-state index contributed by atoms with van der Waals surface area (Å²) >= 11 is 0. The Morgan fingerprint density at radius 2 is 1.82 bits per heavy atom. The molecule has 2 N–H and O–H groups in total. The SMILES string of the molecule is CCNC(=NCCCN1CCCC1)NC(C)c1cccc(N2CCCC2)c1.I. The van der Waals surface area contributed by atoms with Crippen LogP contribution in [0.15, 0.2) is 29.3 Å². The van der Waals surface area contributed by atoms with E-state index in [1.807, 2.05) is 0 Å². The molecule has 3 rings (SSSR count). The Morgan fingerprint density at radius 1 is 1.11 bits per heavy atom. The van der Waals surface area contributed by atoms with Crippen molar-refractivity contribution in [2.24, 2.45) is 4.99 Å². The van der Waals surface area contributed by atoms with Gasteiger partial charge in [0, 0.05) is 31.9 Å². The second-order valence-corrected chi connectivity index (χ2v) is 7.82. The van der Waals surface area contributed by atoms with Crippen LogP contribution in [-0.2, 0) is 0 Å². The van der Waals surface area contributed by atoms with E-state index in [-0.39, 0.29) is 30.0 Å². The van der Waals surface area contributed by atoms with Gasteiger partial charge < -0.3 is 20.4 Å². The standard InChI is InChI=1S/C22H37N5.HI/c1-3-23-22(24-12-9-15-26-13-4-5-14-26)25-19(2)20-10-8-11-21(18-20)27-16-6-7-17-27;/h8,10-11,18-19H,3-7,9,12-17H2,1-2H3,(H2,23,24,25);1H. The number of hydrogen-bond donors (Lipinski definition) is 2. The third-order valence-corrected chi connectivity index (χ3v) is 5.64. The molecule has 2 aliphatic heterocycles. The highest BCUT2D eigenvalue weighted by Gasteiger charge is 2.15. The van der Waals surface area contributed by atoms with Crippen LogP contribution >= 0.6 is 24.0 Å². The molecule has 2 fully saturated rings. The number of likely N-dealkylation sites (tertiary alicyclic amines) is 1. The summed E-state index contributed by atoms with van der Waals surface area (Å²) in [6.07, 6.45) is 6.48. The first-order valence-electron chi connectivity index (χ1n) is 10.9. The van der Waals surface area contributed by atoms with Crippen LogP contribution in [0.3, 0.4) is 0 Å². The minimum Gasteiger partial charge on any atom is -0.372 e. The molecular formula is C22H38IN5. The van der Waals surface area contributed by atoms with E-state index in [1.165, 1.54) is 69.7 Å². The van der Waals surface area contributed by atoms with Gasteiger partial charge in [-0.15, -0.1) is 24.0 Å². The van der Waals surface area contributed by atoms with Crippen LogP contribution in [-0.4, -0.2) is 56.7 Å². The van der Waals surface area contributed by atoms with E-state index >= 15 is 0 Å². The summed E-state index contributed by atoms with van der Waals surface area (Å²) in [6, 6.07) is 9.21. The average Bonchev–Trinajstić information content (AvgIpc) is 3.39. The molecule has 0 saturated carbocycles. The van der Waals surface area contributed by atoms with Gasteiger partial charge in [-0.05, 0) is 83.3 Å². The van der Waals surface area contributed by atoms with Gasteiger partial charge in [-0.1, -0.05) is 12.1 Å². The Labute approximate surface area is 188 Å². The van der Waals surface area contributed by atoms with Crippen LogP contribution in [0.5, 0.6) is 0 Å². The van der Waals surface area contributed by atoms with E-state index in [0.717, 1.165) is 25.5 Å². The van der Waals surface area contributed by atoms with Gasteiger partial charge >= 0.3 is 0 Å². The van der Waals surface area contributed by atoms with Crippen LogP contribution in [0.4, 0.5) is 5.69 Å². The van der Waals surface area contributed by atoms with Crippen LogP contribution < -0.4 is 15.5 Å². The Balaban J connectivity index is 0.00000280. The predicted octanol–water partition coefficient (Wildman–Crippen LogP) is 4.01. The van der Waals surface area contributed by atoms with Crippen molar-refractivity contribution in [1.29, 1.82) is 0 Å². The Hall–Kier alpha value is -1.02. The third kappa shape index (κ3) is 7.10. The summed E-state index contributed by atoms with van der Waals surface area (Å²) in [4.78, 5) is 9.85. The van der Waals surface area contributed by atoms with Crippen molar-refractivity contribution < 1.29 is 0 Å². The molecule has 1 aromatic rings. The number of nitrogens with zero attached hydrogens (tertiary/aromatic N) is 3. The molecule has 1 atom stereocenters. The minimum absolute atomic E-state index is 0. The van der Waals surface area contributed by atoms with Crippen molar-refractivity contribution in [1.82, 2.24) is 15.5 Å². The number of rotatable bonds is 8. The largest absolute Gasteiger partial charge is 0.372 e. The summed E-state index contributed by atoms with van der Waals surface area (Å²) in [7, 11) is 0. The van der Waals surface area contributed by atoms with Gasteiger partial charge in [0.1, 0.15) is 0 Å². The maximum absolute atomic E-state index is 4.80. The number of anilines is 1. The number of guanidine groups is 1. The normalized spacial score (nSPS) is 18.8. The van der Waals surface area contributed by atoms with E-state index in [2.05, 4.69) is 58.5 Å². The fourth-order valence-corrected chi connectivity index (χ4v) is 4.07. The summed E-state index contributed by atoms with van der Waals surface area (Å²) in [5.41, 5.74) is 2.67. The van der Waals surface area contributed by atoms with Crippen molar-refractivity contribution in [2.75, 3.05) is 50.7 Å². The van der Waals surface area contributed by atoms with E-state index in [9.17, 15) is 0 Å². The first-order valence-corrected chi connectivity index (χ1v) is 10.9. The maximum Gasteiger partial charge on any atom is 0.191 e. The molecule has 6 heteroatoms. The number of hydrogen-bond acceptors (Lipinski definition) is 3. The summed E-state index contributed by atoms with van der Waals surface area (Å²) in [6.45, 7) is 12.2. The molecule has 0 bridgehead atoms. The molecule has 2 heterocycles. The van der Waals surface area contributed by atoms with Gasteiger partial charge in [0.05, 0.1) is 6.04 Å². The lowest BCUT2D eigenvalue weighted by atomic mass is 10.1. The fourth-order valence-electron chi connectivity index (χ4n) is 4.07. The van der Waals surface area contributed by atoms with E-state index in [4.69, 9.17) is 4.99 Å². The third-order valence-electron chi connectivity index (χ3n) is 5.64. The van der Waals surface area contributed by atoms with Crippen LogP contribution in [0, 0.1) is 0 Å². The highest BCUT2D eigenvalue weighted by molar-refractivity contribution is 14.0. The van der Waals surface area contributed by atoms with Crippen molar-refractivity contribution in [2.45, 2.75) is 52.0 Å². The molecule has 0 radical (unpaired) electrons. The van der Waals surface area contributed by atoms with Crippen LogP contribution in [0.25, 0.3) is 0 Å². The topological polar surface area (TPSA) is 42.9 Å². The van der Waals surface area contributed by atoms with Crippen molar-refractivity contribution in [3.63, 3.8) is 0 Å². The lowest BCUT2D eigenvalue weighted by molar-refractivity contribution is 0.336. The number of benzene rings is 1. The lowest BCUT2D eigenvalue weighted by Gasteiger charge is -2.22. The molecule has 0 amide bonds. The zero-order valence-electron chi connectivity index (χ0n) is 17.6. The molecule has 0 spiro atoms. The molecule has 2 saturated heterocycles. The van der Waals surface area contributed by atoms with Crippen LogP contribution in [0.1, 0.15) is 57.6 Å². The zero-order valence-corrected chi connectivity index (χ0v) is 20.0. The number of aliphatic imine (C=N–C) groups is 1. The molecule has 0 aromatic heterocycles. The van der Waals surface area contributed by atoms with Crippen LogP contribution in [0.2, 0.25) is 0 Å². The Kier molecular flexibility index (Phi) is 10.4. The fraction of sp³-hybridized carbons (Fsp3) is 0.682. The van der Waals surface area contributed by atoms with Crippen molar-refractivity contribution in [3.05, 3.63) is 29.8 Å². The first kappa shape index (κ1) is 23.3. The summed E-state index contributed by atoms with van der Waals surface area (Å²) in [5, 5.41) is 6.98. The minimum atomic E-state index is 0. The first-order chi connectivity index (χ1) is 13.3. The van der Waals surface area contributed by atoms with Gasteiger partial charge in [-0.25, -0.2) is 0 Å². The Morgan fingerprint density at radius 3 is 2.54 bits per heavy atom. The van der Waals surface area contributed by atoms with Crippen molar-refractivity contribution in [3.8, 4) is 0 Å². The maximum atomic E-state index is 4.80. The van der Waals surface area contributed by atoms with Gasteiger partial charge in [0.25, 0.3) is 0 Å². The van der Waals surface area contributed by atoms with Gasteiger partial charge in [0.15, 0.2) is 5.96 Å². The van der Waals surface area contributed by atoms with Gasteiger partial charge in [-0.2, -0.15) is 0 Å². The van der Waals surface area contributed by atoms with Crippen molar-refractivity contribution >= 4 is 35.6 Å². The van der Waals surface area contributed by atoms with Gasteiger partial charge in [0.2, 0.25) is 0 Å². The highest BCUT2D eigenvalue weighted by atomic mass is 127. The van der Waals surface area contributed by atoms with E-state index in [1.54, 1.807) is 0 Å². The molecule has 0 aliphatic carbocycles. The smallest absolute Gasteiger partial charge is 0.191 e. The lowest BCUT2D eigenvalue weighted by Crippen LogP contribution is -2.39.